The summed E-state index contributed by atoms with van der Waals surface area (Å²) in [5, 5.41) is 27.3. The average molecular weight is 611 g/mol. The van der Waals surface area contributed by atoms with Gasteiger partial charge in [-0.3, -0.25) is 24.0 Å². The fraction of sp³-hybridized carbons (Fsp3) is 0.621. The number of rotatable bonds is 13. The van der Waals surface area contributed by atoms with Gasteiger partial charge in [0.1, 0.15) is 31.0 Å². The Morgan fingerprint density at radius 3 is 2.35 bits per heavy atom. The summed E-state index contributed by atoms with van der Waals surface area (Å²) >= 11 is 0. The first kappa shape index (κ1) is 37.3. The summed E-state index contributed by atoms with van der Waals surface area (Å²) in [6, 6.07) is 3.77. The Bertz CT molecular complexity index is 1100. The minimum Gasteiger partial charge on any atom is -0.480 e. The Balaban J connectivity index is 0.00000295. The third-order valence-corrected chi connectivity index (χ3v) is 5.81. The molecule has 43 heavy (non-hydrogen) atoms. The minimum absolute atomic E-state index is 0.0111. The Hall–Kier alpha value is -3.75. The highest BCUT2D eigenvalue weighted by atomic mass is 16.7. The Morgan fingerprint density at radius 1 is 1.12 bits per heavy atom. The molecule has 4 atom stereocenters. The summed E-state index contributed by atoms with van der Waals surface area (Å²) < 4.78 is 17.0. The number of benzene rings is 1. The number of hydrogen-bond acceptors (Lipinski definition) is 10. The number of ether oxygens (including phenoxy) is 3. The van der Waals surface area contributed by atoms with Gasteiger partial charge >= 0.3 is 11.9 Å². The van der Waals surface area contributed by atoms with Gasteiger partial charge in [-0.05, 0) is 31.7 Å². The van der Waals surface area contributed by atoms with Crippen LogP contribution in [0.3, 0.4) is 0 Å². The van der Waals surface area contributed by atoms with E-state index in [0.717, 1.165) is 4.90 Å². The van der Waals surface area contributed by atoms with E-state index in [0.29, 0.717) is 5.56 Å². The summed E-state index contributed by atoms with van der Waals surface area (Å²) in [5.74, 6) is -3.39. The van der Waals surface area contributed by atoms with Gasteiger partial charge in [0.25, 0.3) is 5.91 Å². The van der Waals surface area contributed by atoms with Gasteiger partial charge in [-0.15, -0.1) is 0 Å². The molecule has 4 unspecified atom stereocenters. The molecule has 0 radical (unpaired) electrons. The molecule has 0 bridgehead atoms. The fourth-order valence-corrected chi connectivity index (χ4v) is 3.70. The highest BCUT2D eigenvalue weighted by Crippen LogP contribution is 2.31. The van der Waals surface area contributed by atoms with Crippen LogP contribution in [-0.4, -0.2) is 96.5 Å². The van der Waals surface area contributed by atoms with E-state index in [2.05, 4.69) is 29.8 Å². The molecule has 1 aromatic rings. The highest BCUT2D eigenvalue weighted by molar-refractivity contribution is 5.98. The molecule has 14 nitrogen and oxygen atoms in total. The zero-order chi connectivity index (χ0) is 32.7. The number of anilines is 1. The van der Waals surface area contributed by atoms with Crippen LogP contribution in [0.25, 0.3) is 0 Å². The van der Waals surface area contributed by atoms with Crippen molar-refractivity contribution in [2.45, 2.75) is 85.0 Å². The lowest BCUT2D eigenvalue weighted by atomic mass is 10.0. The van der Waals surface area contributed by atoms with Crippen LogP contribution in [0.5, 0.6) is 5.75 Å². The van der Waals surface area contributed by atoms with Crippen molar-refractivity contribution in [3.05, 3.63) is 23.8 Å². The van der Waals surface area contributed by atoms with Gasteiger partial charge < -0.3 is 45.3 Å². The van der Waals surface area contributed by atoms with E-state index >= 15 is 0 Å². The van der Waals surface area contributed by atoms with Crippen molar-refractivity contribution in [2.24, 2.45) is 5.92 Å². The van der Waals surface area contributed by atoms with Crippen LogP contribution in [0.4, 0.5) is 5.69 Å². The van der Waals surface area contributed by atoms with Crippen LogP contribution in [0.2, 0.25) is 0 Å². The number of carbonyl (C=O) groups excluding carboxylic acids is 4. The topological polar surface area (TPSA) is 193 Å². The zero-order valence-corrected chi connectivity index (χ0v) is 26.0. The molecule has 1 aromatic carbocycles. The van der Waals surface area contributed by atoms with E-state index in [9.17, 15) is 29.1 Å². The monoisotopic (exact) mass is 610 g/mol. The van der Waals surface area contributed by atoms with Crippen LogP contribution in [-0.2, 0) is 40.1 Å². The molecule has 1 fully saturated rings. The van der Waals surface area contributed by atoms with Crippen LogP contribution in [0.1, 0.15) is 59.4 Å². The second-order valence-corrected chi connectivity index (χ2v) is 10.5. The molecule has 1 aliphatic heterocycles. The Morgan fingerprint density at radius 2 is 1.77 bits per heavy atom. The first-order valence-electron chi connectivity index (χ1n) is 14.2. The number of esters is 1. The van der Waals surface area contributed by atoms with Crippen LogP contribution >= 0.6 is 0 Å². The third-order valence-electron chi connectivity index (χ3n) is 5.81. The van der Waals surface area contributed by atoms with Crippen molar-refractivity contribution in [1.29, 1.82) is 0 Å². The predicted octanol–water partition coefficient (Wildman–Crippen LogP) is 1.25. The molecule has 0 spiro atoms. The number of aliphatic hydroxyl groups is 1. The molecule has 0 aromatic heterocycles. The number of nitrogens with one attached hydrogen (secondary N) is 3. The molecule has 242 valence electrons. The number of carboxylic acids is 1. The van der Waals surface area contributed by atoms with E-state index in [4.69, 9.17) is 19.3 Å². The van der Waals surface area contributed by atoms with Crippen molar-refractivity contribution in [2.75, 3.05) is 32.5 Å². The molecular formula is C29H46N4O10. The maximum absolute atomic E-state index is 12.8. The quantitative estimate of drug-likeness (QED) is 0.202. The lowest BCUT2D eigenvalue weighted by Gasteiger charge is -2.34. The predicted molar refractivity (Wildman–Crippen MR) is 157 cm³/mol. The first-order chi connectivity index (χ1) is 20.2. The number of aliphatic hydroxyl groups excluding tert-OH is 1. The lowest BCUT2D eigenvalue weighted by Crippen LogP contribution is -2.48. The molecule has 1 aliphatic rings. The summed E-state index contributed by atoms with van der Waals surface area (Å²) in [5.41, 5.74) is 0.732. The molecule has 3 amide bonds. The van der Waals surface area contributed by atoms with Gasteiger partial charge in [-0.25, -0.2) is 0 Å². The second-order valence-electron chi connectivity index (χ2n) is 10.5. The van der Waals surface area contributed by atoms with Crippen molar-refractivity contribution in [1.82, 2.24) is 15.5 Å². The largest absolute Gasteiger partial charge is 0.480 e. The third kappa shape index (κ3) is 13.4. The van der Waals surface area contributed by atoms with Gasteiger partial charge in [0.05, 0.1) is 24.3 Å². The van der Waals surface area contributed by atoms with E-state index in [1.54, 1.807) is 27.0 Å². The Labute approximate surface area is 252 Å². The van der Waals surface area contributed by atoms with E-state index < -0.39 is 54.8 Å². The maximum Gasteiger partial charge on any atom is 0.323 e. The molecule has 0 saturated carbocycles. The Kier molecular flexibility index (Phi) is 16.2. The summed E-state index contributed by atoms with van der Waals surface area (Å²) in [6.45, 7) is 8.56. The molecule has 1 heterocycles. The van der Waals surface area contributed by atoms with Crippen LogP contribution in [0, 0.1) is 5.92 Å². The van der Waals surface area contributed by atoms with Gasteiger partial charge in [-0.2, -0.15) is 0 Å². The summed E-state index contributed by atoms with van der Waals surface area (Å²) in [7, 11) is 2.91. The average Bonchev–Trinajstić information content (AvgIpc) is 2.92. The van der Waals surface area contributed by atoms with E-state index in [1.807, 2.05) is 0 Å². The second kappa shape index (κ2) is 18.7. The van der Waals surface area contributed by atoms with Crippen molar-refractivity contribution >= 4 is 35.3 Å². The molecule has 14 heteroatoms. The SMILES string of the molecule is CCC.CNCC(=O)NC(C)C(=O)Nc1ccc(COC(=O)C(C)C)cc1OC1CC(O)CC(C(=O)N(C)CC(=O)O)O1. The maximum atomic E-state index is 12.8. The molecule has 2 rings (SSSR count). The fourth-order valence-electron chi connectivity index (χ4n) is 3.70. The normalized spacial score (nSPS) is 18.4. The number of carbonyl (C=O) groups is 5. The number of likely N-dealkylation sites (N-methyl/N-ethyl adjacent to an activating group) is 2. The highest BCUT2D eigenvalue weighted by Gasteiger charge is 2.36. The molecular weight excluding hydrogens is 564 g/mol. The number of hydrogen-bond donors (Lipinski definition) is 5. The van der Waals surface area contributed by atoms with Gasteiger partial charge in [0.15, 0.2) is 0 Å². The molecule has 0 aliphatic carbocycles. The van der Waals surface area contributed by atoms with Gasteiger partial charge in [-0.1, -0.05) is 40.2 Å². The van der Waals surface area contributed by atoms with Gasteiger partial charge in [0.2, 0.25) is 18.1 Å². The van der Waals surface area contributed by atoms with Crippen molar-refractivity contribution in [3.8, 4) is 5.75 Å². The van der Waals surface area contributed by atoms with E-state index in [1.165, 1.54) is 32.5 Å². The molecule has 5 N–H and O–H groups in total. The number of carboxylic acid groups (broad SMARTS) is 1. The summed E-state index contributed by atoms with van der Waals surface area (Å²) in [4.78, 5) is 61.2. The lowest BCUT2D eigenvalue weighted by molar-refractivity contribution is -0.190. The van der Waals surface area contributed by atoms with Gasteiger partial charge in [0, 0.05) is 19.9 Å². The molecule has 1 saturated heterocycles. The van der Waals surface area contributed by atoms with Crippen molar-refractivity contribution in [3.63, 3.8) is 0 Å². The summed E-state index contributed by atoms with van der Waals surface area (Å²) in [6.07, 6.45) is -2.09. The first-order valence-corrected chi connectivity index (χ1v) is 14.2. The van der Waals surface area contributed by atoms with E-state index in [-0.39, 0.29) is 49.3 Å². The number of amides is 3. The standard InChI is InChI=1S/C26H38N4O10.C3H8/c1-14(2)26(37)38-13-16-6-7-18(29-24(35)15(3)28-21(32)11-27-4)19(8-16)39-23-10-17(31)9-20(40-23)25(36)30(5)12-22(33)34;1-3-2/h6-8,14-15,17,20,23,27,31H,9-13H2,1-5H3,(H,28,32)(H,29,35)(H,33,34);3H2,1-2H3. The number of aliphatic carboxylic acids is 1. The van der Waals surface area contributed by atoms with Crippen LogP contribution in [0.15, 0.2) is 18.2 Å². The minimum atomic E-state index is -1.20. The smallest absolute Gasteiger partial charge is 0.323 e. The van der Waals surface area contributed by atoms with Crippen molar-refractivity contribution < 1.29 is 48.4 Å². The zero-order valence-electron chi connectivity index (χ0n) is 26.0. The number of nitrogens with zero attached hydrogens (tertiary/aromatic N) is 1. The van der Waals surface area contributed by atoms with Crippen LogP contribution < -0.4 is 20.7 Å².